The molecule has 2 aromatic rings. The van der Waals surface area contributed by atoms with Crippen molar-refractivity contribution in [1.29, 1.82) is 0 Å². The van der Waals surface area contributed by atoms with E-state index in [4.69, 9.17) is 16.7 Å². The molecule has 0 saturated heterocycles. The van der Waals surface area contributed by atoms with Crippen molar-refractivity contribution in [1.82, 2.24) is 0 Å². The molecule has 0 unspecified atom stereocenters. The molecule has 4 heteroatoms. The molecule has 20 heavy (non-hydrogen) atoms. The van der Waals surface area contributed by atoms with Crippen LogP contribution < -0.4 is 5.32 Å². The van der Waals surface area contributed by atoms with Crippen LogP contribution in [0.15, 0.2) is 42.5 Å². The molecule has 0 aliphatic carbocycles. The highest BCUT2D eigenvalue weighted by Gasteiger charge is 2.08. The van der Waals surface area contributed by atoms with Crippen LogP contribution in [0.5, 0.6) is 0 Å². The van der Waals surface area contributed by atoms with Gasteiger partial charge in [0.2, 0.25) is 0 Å². The Bertz CT molecular complexity index is 626. The molecule has 2 rings (SSSR count). The number of hydrogen-bond donors (Lipinski definition) is 2. The Hall–Kier alpha value is -2.00. The molecule has 0 fully saturated rings. The smallest absolute Gasteiger partial charge is 0.337 e. The van der Waals surface area contributed by atoms with Gasteiger partial charge in [0.1, 0.15) is 0 Å². The summed E-state index contributed by atoms with van der Waals surface area (Å²) in [6.45, 7) is 2.81. The molecule has 0 radical (unpaired) electrons. The molecule has 2 aromatic carbocycles. The highest BCUT2D eigenvalue weighted by Crippen LogP contribution is 2.22. The molecule has 0 aliphatic rings. The maximum atomic E-state index is 10.9. The first-order valence-corrected chi connectivity index (χ1v) is 6.83. The van der Waals surface area contributed by atoms with Crippen LogP contribution in [0.1, 0.15) is 28.4 Å². The SMILES string of the molecule is CCc1ccccc1CNc1ccc(C(=O)O)c(Cl)c1. The molecule has 104 valence electrons. The van der Waals surface area contributed by atoms with Crippen molar-refractivity contribution >= 4 is 23.3 Å². The van der Waals surface area contributed by atoms with Crippen molar-refractivity contribution in [2.75, 3.05) is 5.32 Å². The fourth-order valence-corrected chi connectivity index (χ4v) is 2.33. The lowest BCUT2D eigenvalue weighted by molar-refractivity contribution is 0.0697. The quantitative estimate of drug-likeness (QED) is 0.867. The minimum absolute atomic E-state index is 0.117. The second-order valence-electron chi connectivity index (χ2n) is 4.48. The Morgan fingerprint density at radius 3 is 2.50 bits per heavy atom. The van der Waals surface area contributed by atoms with E-state index in [-0.39, 0.29) is 10.6 Å². The van der Waals surface area contributed by atoms with Crippen molar-refractivity contribution < 1.29 is 9.90 Å². The zero-order valence-electron chi connectivity index (χ0n) is 11.2. The van der Waals surface area contributed by atoms with Crippen LogP contribution in [0.25, 0.3) is 0 Å². The van der Waals surface area contributed by atoms with Crippen molar-refractivity contribution in [3.63, 3.8) is 0 Å². The third-order valence-electron chi connectivity index (χ3n) is 3.18. The summed E-state index contributed by atoms with van der Waals surface area (Å²) >= 11 is 5.94. The van der Waals surface area contributed by atoms with Crippen molar-refractivity contribution in [2.45, 2.75) is 19.9 Å². The molecule has 0 spiro atoms. The van der Waals surface area contributed by atoms with E-state index in [0.717, 1.165) is 12.1 Å². The lowest BCUT2D eigenvalue weighted by atomic mass is 10.1. The van der Waals surface area contributed by atoms with Gasteiger partial charge in [-0.1, -0.05) is 42.8 Å². The van der Waals surface area contributed by atoms with E-state index >= 15 is 0 Å². The summed E-state index contributed by atoms with van der Waals surface area (Å²) in [6.07, 6.45) is 0.983. The average molecular weight is 290 g/mol. The standard InChI is InChI=1S/C16H16ClNO2/c1-2-11-5-3-4-6-12(11)10-18-13-7-8-14(16(19)20)15(17)9-13/h3-9,18H,2,10H2,1H3,(H,19,20). The van der Waals surface area contributed by atoms with Crippen LogP contribution in [-0.2, 0) is 13.0 Å². The van der Waals surface area contributed by atoms with Crippen LogP contribution in [0.3, 0.4) is 0 Å². The number of anilines is 1. The summed E-state index contributed by atoms with van der Waals surface area (Å²) in [4.78, 5) is 10.9. The third-order valence-corrected chi connectivity index (χ3v) is 3.49. The molecule has 2 N–H and O–H groups in total. The van der Waals surface area contributed by atoms with E-state index in [1.165, 1.54) is 17.2 Å². The predicted molar refractivity (Wildman–Crippen MR) is 81.6 cm³/mol. The predicted octanol–water partition coefficient (Wildman–Crippen LogP) is 4.21. The molecule has 0 bridgehead atoms. The Morgan fingerprint density at radius 1 is 1.20 bits per heavy atom. The minimum atomic E-state index is -1.02. The van der Waals surface area contributed by atoms with E-state index in [1.807, 2.05) is 12.1 Å². The lowest BCUT2D eigenvalue weighted by Crippen LogP contribution is -2.03. The average Bonchev–Trinajstić information content (AvgIpc) is 2.45. The topological polar surface area (TPSA) is 49.3 Å². The molecule has 0 saturated carbocycles. The van der Waals surface area contributed by atoms with Crippen LogP contribution in [0, 0.1) is 0 Å². The number of carboxylic acids is 1. The van der Waals surface area contributed by atoms with E-state index < -0.39 is 5.97 Å². The molecular formula is C16H16ClNO2. The van der Waals surface area contributed by atoms with Gasteiger partial charge < -0.3 is 10.4 Å². The summed E-state index contributed by atoms with van der Waals surface area (Å²) in [5, 5.41) is 12.4. The van der Waals surface area contributed by atoms with Crippen LogP contribution >= 0.6 is 11.6 Å². The molecule has 0 aromatic heterocycles. The van der Waals surface area contributed by atoms with Gasteiger partial charge in [-0.3, -0.25) is 0 Å². The maximum absolute atomic E-state index is 10.9. The normalized spacial score (nSPS) is 10.3. The van der Waals surface area contributed by atoms with Gasteiger partial charge in [0.05, 0.1) is 10.6 Å². The first kappa shape index (κ1) is 14.4. The fraction of sp³-hybridized carbons (Fsp3) is 0.188. The van der Waals surface area contributed by atoms with Gasteiger partial charge in [0.15, 0.2) is 0 Å². The van der Waals surface area contributed by atoms with E-state index in [9.17, 15) is 4.79 Å². The third kappa shape index (κ3) is 3.31. The number of carboxylic acid groups (broad SMARTS) is 1. The molecule has 0 atom stereocenters. The monoisotopic (exact) mass is 289 g/mol. The largest absolute Gasteiger partial charge is 0.478 e. The van der Waals surface area contributed by atoms with E-state index in [2.05, 4.69) is 24.4 Å². The van der Waals surface area contributed by atoms with Gasteiger partial charge in [0, 0.05) is 12.2 Å². The van der Waals surface area contributed by atoms with Crippen LogP contribution in [0.2, 0.25) is 5.02 Å². The second-order valence-corrected chi connectivity index (χ2v) is 4.88. The minimum Gasteiger partial charge on any atom is -0.478 e. The van der Waals surface area contributed by atoms with Crippen LogP contribution in [-0.4, -0.2) is 11.1 Å². The van der Waals surface area contributed by atoms with E-state index in [0.29, 0.717) is 6.54 Å². The summed E-state index contributed by atoms with van der Waals surface area (Å²) in [5.41, 5.74) is 3.46. The number of hydrogen-bond acceptors (Lipinski definition) is 2. The number of benzene rings is 2. The second kappa shape index (κ2) is 6.44. The zero-order chi connectivity index (χ0) is 14.5. The molecule has 0 heterocycles. The van der Waals surface area contributed by atoms with Crippen molar-refractivity contribution in [3.05, 3.63) is 64.2 Å². The Balaban J connectivity index is 2.11. The van der Waals surface area contributed by atoms with Gasteiger partial charge in [-0.25, -0.2) is 4.79 Å². The first-order valence-electron chi connectivity index (χ1n) is 6.45. The molecule has 0 aliphatic heterocycles. The van der Waals surface area contributed by atoms with Crippen LogP contribution in [0.4, 0.5) is 5.69 Å². The number of nitrogens with one attached hydrogen (secondary N) is 1. The summed E-state index contributed by atoms with van der Waals surface area (Å²) in [5.74, 6) is -1.02. The van der Waals surface area contributed by atoms with Gasteiger partial charge >= 0.3 is 5.97 Å². The molecular weight excluding hydrogens is 274 g/mol. The molecule has 0 amide bonds. The Kier molecular flexibility index (Phi) is 4.64. The van der Waals surface area contributed by atoms with E-state index in [1.54, 1.807) is 12.1 Å². The fourth-order valence-electron chi connectivity index (χ4n) is 2.07. The highest BCUT2D eigenvalue weighted by molar-refractivity contribution is 6.33. The lowest BCUT2D eigenvalue weighted by Gasteiger charge is -2.11. The number of aryl methyl sites for hydroxylation is 1. The highest BCUT2D eigenvalue weighted by atomic mass is 35.5. The number of halogens is 1. The number of carbonyl (C=O) groups is 1. The number of rotatable bonds is 5. The number of aromatic carboxylic acids is 1. The Labute approximate surface area is 123 Å². The first-order chi connectivity index (χ1) is 9.61. The van der Waals surface area contributed by atoms with Gasteiger partial charge in [-0.05, 0) is 35.7 Å². The summed E-state index contributed by atoms with van der Waals surface area (Å²) in [7, 11) is 0. The van der Waals surface area contributed by atoms with Gasteiger partial charge in [0.25, 0.3) is 0 Å². The summed E-state index contributed by atoms with van der Waals surface area (Å²) in [6, 6.07) is 13.1. The maximum Gasteiger partial charge on any atom is 0.337 e. The Morgan fingerprint density at radius 2 is 1.90 bits per heavy atom. The van der Waals surface area contributed by atoms with Gasteiger partial charge in [-0.15, -0.1) is 0 Å². The molecule has 3 nitrogen and oxygen atoms in total. The van der Waals surface area contributed by atoms with Gasteiger partial charge in [-0.2, -0.15) is 0 Å². The van der Waals surface area contributed by atoms with Crippen molar-refractivity contribution in [3.8, 4) is 0 Å². The zero-order valence-corrected chi connectivity index (χ0v) is 11.9. The summed E-state index contributed by atoms with van der Waals surface area (Å²) < 4.78 is 0. The van der Waals surface area contributed by atoms with Crippen molar-refractivity contribution in [2.24, 2.45) is 0 Å².